The summed E-state index contributed by atoms with van der Waals surface area (Å²) in [5.74, 6) is 2.34. The summed E-state index contributed by atoms with van der Waals surface area (Å²) in [5.41, 5.74) is 2.13. The average Bonchev–Trinajstić information content (AvgIpc) is 2.77. The minimum atomic E-state index is -0.128. The van der Waals surface area contributed by atoms with Gasteiger partial charge >= 0.3 is 5.97 Å². The van der Waals surface area contributed by atoms with Gasteiger partial charge in [0.05, 0.1) is 5.56 Å². The van der Waals surface area contributed by atoms with Gasteiger partial charge in [-0.2, -0.15) is 0 Å². The molecule has 0 amide bonds. The van der Waals surface area contributed by atoms with Gasteiger partial charge in [0.2, 0.25) is 0 Å². The summed E-state index contributed by atoms with van der Waals surface area (Å²) in [4.78, 5) is 12.6. The summed E-state index contributed by atoms with van der Waals surface area (Å²) < 4.78 is 5.83. The molecule has 0 spiro atoms. The lowest BCUT2D eigenvalue weighted by Crippen LogP contribution is -2.24. The second-order valence-electron chi connectivity index (χ2n) is 9.67. The molecule has 29 heavy (non-hydrogen) atoms. The lowest BCUT2D eigenvalue weighted by molar-refractivity contribution is 0.0161. The summed E-state index contributed by atoms with van der Waals surface area (Å²) in [5, 5.41) is 0. The van der Waals surface area contributed by atoms with Crippen molar-refractivity contribution in [3.05, 3.63) is 35.4 Å². The number of esters is 1. The van der Waals surface area contributed by atoms with Gasteiger partial charge in [-0.25, -0.2) is 4.79 Å². The lowest BCUT2D eigenvalue weighted by Gasteiger charge is -2.29. The molecule has 0 atom stereocenters. The molecule has 2 saturated carbocycles. The van der Waals surface area contributed by atoms with Crippen LogP contribution in [0.1, 0.15) is 126 Å². The first kappa shape index (κ1) is 22.4. The first-order valence-electron chi connectivity index (χ1n) is 12.5. The zero-order valence-corrected chi connectivity index (χ0v) is 18.8. The van der Waals surface area contributed by atoms with Gasteiger partial charge in [-0.1, -0.05) is 64.5 Å². The van der Waals surface area contributed by atoms with Crippen LogP contribution in [0.2, 0.25) is 0 Å². The molecule has 0 aliphatic heterocycles. The van der Waals surface area contributed by atoms with Crippen molar-refractivity contribution in [3.63, 3.8) is 0 Å². The highest BCUT2D eigenvalue weighted by Gasteiger charge is 2.25. The molecular weight excluding hydrogens is 356 g/mol. The Hall–Kier alpha value is -1.31. The quantitative estimate of drug-likeness (QED) is 0.393. The monoisotopic (exact) mass is 398 g/mol. The second kappa shape index (κ2) is 11.8. The number of ether oxygens (including phenoxy) is 1. The standard InChI is InChI=1S/C27H42O2/c1-3-5-7-21-9-13-23(14-10-21)24-15-17-25(18-16-24)27(28)29-26-19-11-22(12-20-26)8-6-4-2/h15-18,21-23,26H,3-14,19-20H2,1-2H3. The maximum Gasteiger partial charge on any atom is 0.338 e. The molecule has 0 saturated heterocycles. The van der Waals surface area contributed by atoms with E-state index in [0.29, 0.717) is 5.92 Å². The SMILES string of the molecule is CCCCC1CCC(OC(=O)c2ccc(C3CCC(CCCC)CC3)cc2)CC1. The molecule has 162 valence electrons. The maximum absolute atomic E-state index is 12.6. The maximum atomic E-state index is 12.6. The van der Waals surface area contributed by atoms with Crippen LogP contribution in [-0.4, -0.2) is 12.1 Å². The van der Waals surface area contributed by atoms with E-state index in [1.54, 1.807) is 0 Å². The number of unbranched alkanes of at least 4 members (excludes halogenated alkanes) is 2. The lowest BCUT2D eigenvalue weighted by atomic mass is 9.77. The van der Waals surface area contributed by atoms with Crippen molar-refractivity contribution in [2.75, 3.05) is 0 Å². The first-order valence-corrected chi connectivity index (χ1v) is 12.5. The highest BCUT2D eigenvalue weighted by molar-refractivity contribution is 5.89. The van der Waals surface area contributed by atoms with Crippen LogP contribution in [0.5, 0.6) is 0 Å². The smallest absolute Gasteiger partial charge is 0.338 e. The zero-order valence-electron chi connectivity index (χ0n) is 18.8. The van der Waals surface area contributed by atoms with Crippen LogP contribution < -0.4 is 0 Å². The highest BCUT2D eigenvalue weighted by Crippen LogP contribution is 2.38. The van der Waals surface area contributed by atoms with Gasteiger partial charge in [0.15, 0.2) is 0 Å². The van der Waals surface area contributed by atoms with Gasteiger partial charge in [0.1, 0.15) is 6.10 Å². The van der Waals surface area contributed by atoms with Gasteiger partial charge in [0, 0.05) is 0 Å². The third kappa shape index (κ3) is 6.86. The van der Waals surface area contributed by atoms with Crippen molar-refractivity contribution in [1.29, 1.82) is 0 Å². The third-order valence-electron chi connectivity index (χ3n) is 7.46. The van der Waals surface area contributed by atoms with Crippen LogP contribution in [0.15, 0.2) is 24.3 Å². The van der Waals surface area contributed by atoms with Crippen LogP contribution in [-0.2, 0) is 4.74 Å². The normalized spacial score (nSPS) is 27.5. The number of carbonyl (C=O) groups is 1. The van der Waals surface area contributed by atoms with E-state index in [-0.39, 0.29) is 12.1 Å². The molecule has 0 unspecified atom stereocenters. The van der Waals surface area contributed by atoms with Gasteiger partial charge in [-0.05, 0) is 86.8 Å². The van der Waals surface area contributed by atoms with Crippen LogP contribution in [0.25, 0.3) is 0 Å². The van der Waals surface area contributed by atoms with Crippen molar-refractivity contribution in [2.45, 2.75) is 116 Å². The molecule has 3 rings (SSSR count). The Bertz CT molecular complexity index is 589. The Kier molecular flexibility index (Phi) is 9.08. The predicted octanol–water partition coefficient (Wildman–Crippen LogP) is 8.06. The van der Waals surface area contributed by atoms with E-state index in [1.807, 2.05) is 12.1 Å². The third-order valence-corrected chi connectivity index (χ3v) is 7.46. The molecule has 0 bridgehead atoms. The van der Waals surface area contributed by atoms with Gasteiger partial charge in [-0.15, -0.1) is 0 Å². The number of hydrogen-bond acceptors (Lipinski definition) is 2. The molecule has 0 radical (unpaired) electrons. The molecule has 1 aromatic carbocycles. The van der Waals surface area contributed by atoms with Crippen LogP contribution in [0.4, 0.5) is 0 Å². The number of rotatable bonds is 9. The summed E-state index contributed by atoms with van der Waals surface area (Å²) >= 11 is 0. The molecule has 2 aliphatic carbocycles. The van der Waals surface area contributed by atoms with Crippen molar-refractivity contribution >= 4 is 5.97 Å². The first-order chi connectivity index (χ1) is 14.2. The minimum Gasteiger partial charge on any atom is -0.459 e. The minimum absolute atomic E-state index is 0.124. The summed E-state index contributed by atoms with van der Waals surface area (Å²) in [6, 6.07) is 8.34. The predicted molar refractivity (Wildman–Crippen MR) is 121 cm³/mol. The van der Waals surface area contributed by atoms with Crippen molar-refractivity contribution < 1.29 is 9.53 Å². The number of hydrogen-bond donors (Lipinski definition) is 0. The van der Waals surface area contributed by atoms with E-state index in [2.05, 4.69) is 26.0 Å². The summed E-state index contributed by atoms with van der Waals surface area (Å²) in [6.45, 7) is 4.55. The van der Waals surface area contributed by atoms with E-state index in [0.717, 1.165) is 30.2 Å². The molecule has 0 heterocycles. The number of benzene rings is 1. The largest absolute Gasteiger partial charge is 0.459 e. The Labute approximate surface area is 178 Å². The van der Waals surface area contributed by atoms with Gasteiger partial charge < -0.3 is 4.74 Å². The Morgan fingerprint density at radius 3 is 1.83 bits per heavy atom. The molecule has 2 fully saturated rings. The van der Waals surface area contributed by atoms with Gasteiger partial charge in [-0.3, -0.25) is 0 Å². The molecular formula is C27H42O2. The van der Waals surface area contributed by atoms with E-state index in [1.165, 1.54) is 82.6 Å². The van der Waals surface area contributed by atoms with Crippen molar-refractivity contribution in [2.24, 2.45) is 11.8 Å². The summed E-state index contributed by atoms with van der Waals surface area (Å²) in [6.07, 6.45) is 18.1. The van der Waals surface area contributed by atoms with Crippen LogP contribution in [0.3, 0.4) is 0 Å². The van der Waals surface area contributed by atoms with Crippen molar-refractivity contribution in [3.8, 4) is 0 Å². The molecule has 2 heteroatoms. The van der Waals surface area contributed by atoms with Crippen LogP contribution in [0, 0.1) is 11.8 Å². The van der Waals surface area contributed by atoms with E-state index in [9.17, 15) is 4.79 Å². The van der Waals surface area contributed by atoms with Crippen LogP contribution >= 0.6 is 0 Å². The summed E-state index contributed by atoms with van der Waals surface area (Å²) in [7, 11) is 0. The van der Waals surface area contributed by atoms with E-state index < -0.39 is 0 Å². The number of carbonyl (C=O) groups excluding carboxylic acids is 1. The molecule has 0 aromatic heterocycles. The van der Waals surface area contributed by atoms with Gasteiger partial charge in [0.25, 0.3) is 0 Å². The fraction of sp³-hybridized carbons (Fsp3) is 0.741. The fourth-order valence-corrected chi connectivity index (χ4v) is 5.42. The molecule has 0 N–H and O–H groups in total. The fourth-order valence-electron chi connectivity index (χ4n) is 5.42. The molecule has 1 aromatic rings. The topological polar surface area (TPSA) is 26.3 Å². The molecule has 2 nitrogen and oxygen atoms in total. The Morgan fingerprint density at radius 1 is 0.793 bits per heavy atom. The highest BCUT2D eigenvalue weighted by atomic mass is 16.5. The van der Waals surface area contributed by atoms with E-state index >= 15 is 0 Å². The molecule has 2 aliphatic rings. The van der Waals surface area contributed by atoms with E-state index in [4.69, 9.17) is 4.74 Å². The Morgan fingerprint density at radius 2 is 1.31 bits per heavy atom. The Balaban J connectivity index is 1.42. The van der Waals surface area contributed by atoms with Crippen molar-refractivity contribution in [1.82, 2.24) is 0 Å². The second-order valence-corrected chi connectivity index (χ2v) is 9.67. The average molecular weight is 399 g/mol. The zero-order chi connectivity index (χ0) is 20.5.